The van der Waals surface area contributed by atoms with Crippen molar-refractivity contribution in [2.24, 2.45) is 0 Å². The number of hydrogen-bond donors (Lipinski definition) is 4. The lowest BCUT2D eigenvalue weighted by atomic mass is 10.1. The molecule has 136 valence electrons. The van der Waals surface area contributed by atoms with Crippen LogP contribution in [0.2, 0.25) is 0 Å². The molecule has 3 aromatic rings. The Morgan fingerprint density at radius 2 is 1.38 bits per heavy atom. The second-order valence-electron chi connectivity index (χ2n) is 5.55. The molecule has 0 atom stereocenters. The SMILES string of the molecule is Nc1ccc(Nc2ccc3cc(S(=O)(=O)O)cc(S(=O)(=O)O)c3c2)cc1. The molecule has 0 bridgehead atoms. The molecule has 0 unspecified atom stereocenters. The zero-order valence-electron chi connectivity index (χ0n) is 13.1. The van der Waals surface area contributed by atoms with E-state index >= 15 is 0 Å². The summed E-state index contributed by atoms with van der Waals surface area (Å²) in [7, 11) is -9.37. The molecule has 0 aromatic heterocycles. The third kappa shape index (κ3) is 3.78. The Hall–Kier alpha value is -2.66. The van der Waals surface area contributed by atoms with Gasteiger partial charge in [-0.15, -0.1) is 0 Å². The summed E-state index contributed by atoms with van der Waals surface area (Å²) < 4.78 is 64.7. The van der Waals surface area contributed by atoms with E-state index in [1.165, 1.54) is 12.1 Å². The number of nitrogens with one attached hydrogen (secondary N) is 1. The quantitative estimate of drug-likeness (QED) is 0.390. The summed E-state index contributed by atoms with van der Waals surface area (Å²) in [6, 6.07) is 13.2. The van der Waals surface area contributed by atoms with E-state index in [1.807, 2.05) is 0 Å². The molecule has 0 amide bonds. The number of anilines is 3. The van der Waals surface area contributed by atoms with Crippen molar-refractivity contribution < 1.29 is 25.9 Å². The molecule has 0 aliphatic heterocycles. The Morgan fingerprint density at radius 3 is 1.96 bits per heavy atom. The van der Waals surface area contributed by atoms with Gasteiger partial charge in [-0.3, -0.25) is 9.11 Å². The van der Waals surface area contributed by atoms with Crippen molar-refractivity contribution in [3.63, 3.8) is 0 Å². The molecular weight excluding hydrogens is 380 g/mol. The summed E-state index contributed by atoms with van der Waals surface area (Å²) in [5.41, 5.74) is 7.41. The Balaban J connectivity index is 2.18. The molecule has 10 heteroatoms. The molecule has 8 nitrogen and oxygen atoms in total. The monoisotopic (exact) mass is 394 g/mol. The maximum absolute atomic E-state index is 11.7. The standard InChI is InChI=1S/C16H14N2O6S2/c17-11-2-5-12(6-3-11)18-13-4-1-10-7-14(25(19,20)21)9-16(15(10)8-13)26(22,23)24/h1-9,18H,17H2,(H,19,20,21)(H,22,23,24). The summed E-state index contributed by atoms with van der Waals surface area (Å²) in [5.74, 6) is 0. The van der Waals surface area contributed by atoms with Crippen molar-refractivity contribution in [3.05, 3.63) is 54.6 Å². The number of nitrogens with two attached hydrogens (primary N) is 1. The topological polar surface area (TPSA) is 147 Å². The summed E-state index contributed by atoms with van der Waals surface area (Å²) in [6.07, 6.45) is 0. The summed E-state index contributed by atoms with van der Waals surface area (Å²) >= 11 is 0. The maximum Gasteiger partial charge on any atom is 0.295 e. The van der Waals surface area contributed by atoms with Crippen LogP contribution in [0.5, 0.6) is 0 Å². The molecular formula is C16H14N2O6S2. The third-order valence-corrected chi connectivity index (χ3v) is 5.39. The number of benzene rings is 3. The first-order valence-electron chi connectivity index (χ1n) is 7.19. The van der Waals surface area contributed by atoms with E-state index in [9.17, 15) is 25.9 Å². The molecule has 3 rings (SSSR count). The number of fused-ring (bicyclic) bond motifs is 1. The molecule has 0 saturated carbocycles. The smallest absolute Gasteiger partial charge is 0.295 e. The second kappa shape index (κ2) is 6.25. The Kier molecular flexibility index (Phi) is 4.36. The zero-order valence-corrected chi connectivity index (χ0v) is 14.8. The third-order valence-electron chi connectivity index (χ3n) is 3.66. The van der Waals surface area contributed by atoms with Crippen LogP contribution in [0, 0.1) is 0 Å². The van der Waals surface area contributed by atoms with E-state index < -0.39 is 30.0 Å². The van der Waals surface area contributed by atoms with Gasteiger partial charge < -0.3 is 11.1 Å². The van der Waals surface area contributed by atoms with E-state index in [-0.39, 0.29) is 10.8 Å². The molecule has 0 heterocycles. The van der Waals surface area contributed by atoms with Gasteiger partial charge in [0.25, 0.3) is 20.2 Å². The van der Waals surface area contributed by atoms with E-state index in [0.29, 0.717) is 23.1 Å². The molecule has 3 aromatic carbocycles. The van der Waals surface area contributed by atoms with Crippen LogP contribution in [-0.2, 0) is 20.2 Å². The molecule has 0 fully saturated rings. The van der Waals surface area contributed by atoms with Crippen molar-refractivity contribution in [3.8, 4) is 0 Å². The minimum atomic E-state index is -4.73. The summed E-state index contributed by atoms with van der Waals surface area (Å²) in [6.45, 7) is 0. The van der Waals surface area contributed by atoms with E-state index in [0.717, 1.165) is 6.07 Å². The first-order chi connectivity index (χ1) is 12.0. The van der Waals surface area contributed by atoms with Crippen molar-refractivity contribution in [1.82, 2.24) is 0 Å². The first kappa shape index (κ1) is 18.1. The van der Waals surface area contributed by atoms with Crippen molar-refractivity contribution in [1.29, 1.82) is 0 Å². The average molecular weight is 394 g/mol. The Bertz CT molecular complexity index is 1200. The van der Waals surface area contributed by atoms with Gasteiger partial charge in [-0.25, -0.2) is 0 Å². The van der Waals surface area contributed by atoms with Gasteiger partial charge in [-0.05, 0) is 53.9 Å². The van der Waals surface area contributed by atoms with Crippen molar-refractivity contribution >= 4 is 48.1 Å². The van der Waals surface area contributed by atoms with Gasteiger partial charge >= 0.3 is 0 Å². The van der Waals surface area contributed by atoms with Gasteiger partial charge in [0, 0.05) is 22.4 Å². The van der Waals surface area contributed by atoms with E-state index in [1.54, 1.807) is 30.3 Å². The van der Waals surface area contributed by atoms with Crippen LogP contribution in [0.3, 0.4) is 0 Å². The summed E-state index contributed by atoms with van der Waals surface area (Å²) in [4.78, 5) is -1.25. The van der Waals surface area contributed by atoms with Gasteiger partial charge in [0.1, 0.15) is 4.90 Å². The summed E-state index contributed by atoms with van der Waals surface area (Å²) in [5, 5.41) is 3.36. The Labute approximate surface area is 149 Å². The molecule has 0 radical (unpaired) electrons. The fourth-order valence-electron chi connectivity index (χ4n) is 2.47. The van der Waals surface area contributed by atoms with Crippen LogP contribution < -0.4 is 11.1 Å². The maximum atomic E-state index is 11.7. The van der Waals surface area contributed by atoms with Crippen molar-refractivity contribution in [2.45, 2.75) is 9.79 Å². The van der Waals surface area contributed by atoms with E-state index in [2.05, 4.69) is 5.32 Å². The molecule has 0 aliphatic carbocycles. The van der Waals surface area contributed by atoms with Crippen LogP contribution in [0.15, 0.2) is 64.4 Å². The first-order valence-corrected chi connectivity index (χ1v) is 10.1. The largest absolute Gasteiger partial charge is 0.399 e. The predicted molar refractivity (Wildman–Crippen MR) is 97.7 cm³/mol. The fourth-order valence-corrected chi connectivity index (χ4v) is 3.82. The molecule has 26 heavy (non-hydrogen) atoms. The Morgan fingerprint density at radius 1 is 0.769 bits per heavy atom. The van der Waals surface area contributed by atoms with Crippen LogP contribution in [0.4, 0.5) is 17.1 Å². The van der Waals surface area contributed by atoms with Gasteiger partial charge in [0.05, 0.1) is 4.90 Å². The lowest BCUT2D eigenvalue weighted by Crippen LogP contribution is -2.04. The lowest BCUT2D eigenvalue weighted by molar-refractivity contribution is 0.482. The van der Waals surface area contributed by atoms with Crippen LogP contribution >= 0.6 is 0 Å². The average Bonchev–Trinajstić information content (AvgIpc) is 2.54. The normalized spacial score (nSPS) is 12.2. The molecule has 0 saturated heterocycles. The van der Waals surface area contributed by atoms with E-state index in [4.69, 9.17) is 5.73 Å². The molecule has 0 spiro atoms. The van der Waals surface area contributed by atoms with Crippen LogP contribution in [0.1, 0.15) is 0 Å². The van der Waals surface area contributed by atoms with Gasteiger partial charge in [0.2, 0.25) is 0 Å². The molecule has 5 N–H and O–H groups in total. The highest BCUT2D eigenvalue weighted by Gasteiger charge is 2.20. The number of nitrogen functional groups attached to an aromatic ring is 1. The number of hydrogen-bond acceptors (Lipinski definition) is 6. The minimum Gasteiger partial charge on any atom is -0.399 e. The van der Waals surface area contributed by atoms with Crippen molar-refractivity contribution in [2.75, 3.05) is 11.1 Å². The lowest BCUT2D eigenvalue weighted by Gasteiger charge is -2.11. The highest BCUT2D eigenvalue weighted by Crippen LogP contribution is 2.30. The fraction of sp³-hybridized carbons (Fsp3) is 0. The highest BCUT2D eigenvalue weighted by molar-refractivity contribution is 7.86. The van der Waals surface area contributed by atoms with Gasteiger partial charge in [-0.2, -0.15) is 16.8 Å². The molecule has 0 aliphatic rings. The van der Waals surface area contributed by atoms with Gasteiger partial charge in [0.15, 0.2) is 0 Å². The van der Waals surface area contributed by atoms with Crippen LogP contribution in [-0.4, -0.2) is 25.9 Å². The minimum absolute atomic E-state index is 0.0975. The van der Waals surface area contributed by atoms with Gasteiger partial charge in [-0.1, -0.05) is 6.07 Å². The predicted octanol–water partition coefficient (Wildman–Crippen LogP) is 2.66. The highest BCUT2D eigenvalue weighted by atomic mass is 32.2. The zero-order chi connectivity index (χ0) is 19.1. The van der Waals surface area contributed by atoms with Crippen LogP contribution in [0.25, 0.3) is 10.8 Å². The second-order valence-corrected chi connectivity index (χ2v) is 8.37. The number of rotatable bonds is 4.